The van der Waals surface area contributed by atoms with Crippen LogP contribution in [0.15, 0.2) is 42.5 Å². The smallest absolute Gasteiger partial charge is 0.255 e. The van der Waals surface area contributed by atoms with Crippen molar-refractivity contribution in [1.82, 2.24) is 0 Å². The molecule has 2 N–H and O–H groups in total. The van der Waals surface area contributed by atoms with Gasteiger partial charge >= 0.3 is 0 Å². The minimum Gasteiger partial charge on any atom is -0.491 e. The SMILES string of the molecule is CC(C)Oc1cccc(NC(=O)c2ccc(NS(C)(=O)=O)c(Cl)c2)c1. The highest BCUT2D eigenvalue weighted by atomic mass is 35.5. The first-order chi connectivity index (χ1) is 11.6. The van der Waals surface area contributed by atoms with Crippen LogP contribution in [0.3, 0.4) is 0 Å². The molecule has 0 atom stereocenters. The number of carbonyl (C=O) groups is 1. The van der Waals surface area contributed by atoms with E-state index in [4.69, 9.17) is 16.3 Å². The fourth-order valence-electron chi connectivity index (χ4n) is 2.06. The van der Waals surface area contributed by atoms with Gasteiger partial charge < -0.3 is 10.1 Å². The summed E-state index contributed by atoms with van der Waals surface area (Å²) in [5.41, 5.74) is 1.10. The molecule has 0 aromatic heterocycles. The summed E-state index contributed by atoms with van der Waals surface area (Å²) in [6.45, 7) is 3.83. The average molecular weight is 383 g/mol. The van der Waals surface area contributed by atoms with Crippen LogP contribution in [-0.2, 0) is 10.0 Å². The molecule has 0 saturated carbocycles. The Morgan fingerprint density at radius 2 is 1.88 bits per heavy atom. The Balaban J connectivity index is 2.15. The van der Waals surface area contributed by atoms with Gasteiger partial charge in [-0.15, -0.1) is 0 Å². The van der Waals surface area contributed by atoms with Crippen molar-refractivity contribution in [2.24, 2.45) is 0 Å². The maximum atomic E-state index is 12.3. The van der Waals surface area contributed by atoms with Crippen LogP contribution in [0.5, 0.6) is 5.75 Å². The molecule has 0 aliphatic rings. The van der Waals surface area contributed by atoms with Crippen LogP contribution < -0.4 is 14.8 Å². The molecule has 0 aliphatic carbocycles. The van der Waals surface area contributed by atoms with E-state index in [1.807, 2.05) is 13.8 Å². The molecule has 2 aromatic rings. The summed E-state index contributed by atoms with van der Waals surface area (Å²) < 4.78 is 30.4. The zero-order valence-electron chi connectivity index (χ0n) is 14.0. The van der Waals surface area contributed by atoms with E-state index in [0.29, 0.717) is 17.0 Å². The molecule has 0 fully saturated rings. The maximum absolute atomic E-state index is 12.3. The van der Waals surface area contributed by atoms with Crippen LogP contribution in [0.25, 0.3) is 0 Å². The number of halogens is 1. The number of benzene rings is 2. The molecule has 2 rings (SSSR count). The third kappa shape index (κ3) is 5.95. The number of amides is 1. The zero-order valence-corrected chi connectivity index (χ0v) is 15.6. The molecule has 0 spiro atoms. The molecule has 8 heteroatoms. The first-order valence-electron chi connectivity index (χ1n) is 7.49. The molecule has 0 bridgehead atoms. The minimum absolute atomic E-state index is 0.0275. The normalized spacial score (nSPS) is 11.2. The van der Waals surface area contributed by atoms with Crippen molar-refractivity contribution < 1.29 is 17.9 Å². The number of hydrogen-bond acceptors (Lipinski definition) is 4. The lowest BCUT2D eigenvalue weighted by Gasteiger charge is -2.12. The molecule has 2 aromatic carbocycles. The van der Waals surface area contributed by atoms with Gasteiger partial charge in [-0.2, -0.15) is 0 Å². The van der Waals surface area contributed by atoms with E-state index >= 15 is 0 Å². The van der Waals surface area contributed by atoms with Gasteiger partial charge in [-0.25, -0.2) is 8.42 Å². The van der Waals surface area contributed by atoms with E-state index < -0.39 is 10.0 Å². The van der Waals surface area contributed by atoms with Crippen molar-refractivity contribution >= 4 is 38.9 Å². The molecular formula is C17H19ClN2O4S. The van der Waals surface area contributed by atoms with E-state index in [2.05, 4.69) is 10.0 Å². The van der Waals surface area contributed by atoms with Crippen LogP contribution in [0.1, 0.15) is 24.2 Å². The summed E-state index contributed by atoms with van der Waals surface area (Å²) in [7, 11) is -3.45. The number of carbonyl (C=O) groups excluding carboxylic acids is 1. The Morgan fingerprint density at radius 3 is 2.48 bits per heavy atom. The van der Waals surface area contributed by atoms with Crippen LogP contribution >= 0.6 is 11.6 Å². The second kappa shape index (κ2) is 7.76. The summed E-state index contributed by atoms with van der Waals surface area (Å²) in [6.07, 6.45) is 1.05. The molecular weight excluding hydrogens is 364 g/mol. The Kier molecular flexibility index (Phi) is 5.92. The van der Waals surface area contributed by atoms with E-state index in [1.54, 1.807) is 24.3 Å². The number of rotatable bonds is 6. The summed E-state index contributed by atoms with van der Waals surface area (Å²) in [5, 5.41) is 2.88. The van der Waals surface area contributed by atoms with Crippen molar-refractivity contribution in [2.45, 2.75) is 20.0 Å². The summed E-state index contributed by atoms with van der Waals surface area (Å²) in [4.78, 5) is 12.3. The molecule has 0 heterocycles. The standard InChI is InChI=1S/C17H19ClN2O4S/c1-11(2)24-14-6-4-5-13(10-14)19-17(21)12-7-8-16(15(18)9-12)20-25(3,22)23/h4-11,20H,1-3H3,(H,19,21). The van der Waals surface area contributed by atoms with Gasteiger partial charge in [0.2, 0.25) is 10.0 Å². The number of sulfonamides is 1. The fraction of sp³-hybridized carbons (Fsp3) is 0.235. The van der Waals surface area contributed by atoms with Gasteiger partial charge in [-0.1, -0.05) is 17.7 Å². The maximum Gasteiger partial charge on any atom is 0.255 e. The lowest BCUT2D eigenvalue weighted by Crippen LogP contribution is -2.13. The third-order valence-electron chi connectivity index (χ3n) is 2.99. The van der Waals surface area contributed by atoms with Crippen molar-refractivity contribution in [1.29, 1.82) is 0 Å². The number of anilines is 2. The van der Waals surface area contributed by atoms with Crippen LogP contribution in [-0.4, -0.2) is 26.7 Å². The molecule has 0 unspecified atom stereocenters. The van der Waals surface area contributed by atoms with Gasteiger partial charge in [-0.3, -0.25) is 9.52 Å². The lowest BCUT2D eigenvalue weighted by atomic mass is 10.2. The topological polar surface area (TPSA) is 84.5 Å². The second-order valence-electron chi connectivity index (χ2n) is 5.72. The first-order valence-corrected chi connectivity index (χ1v) is 9.76. The van der Waals surface area contributed by atoms with Gasteiger partial charge in [0.15, 0.2) is 0 Å². The molecule has 0 aliphatic heterocycles. The number of nitrogens with one attached hydrogen (secondary N) is 2. The van der Waals surface area contributed by atoms with Crippen LogP contribution in [0.4, 0.5) is 11.4 Å². The highest BCUT2D eigenvalue weighted by Crippen LogP contribution is 2.25. The number of ether oxygens (including phenoxy) is 1. The molecule has 134 valence electrons. The van der Waals surface area contributed by atoms with E-state index in [-0.39, 0.29) is 22.7 Å². The van der Waals surface area contributed by atoms with Crippen molar-refractivity contribution in [3.8, 4) is 5.75 Å². The first kappa shape index (κ1) is 19.1. The zero-order chi connectivity index (χ0) is 18.6. The predicted octanol–water partition coefficient (Wildman–Crippen LogP) is 3.75. The Labute approximate surface area is 152 Å². The largest absolute Gasteiger partial charge is 0.491 e. The van der Waals surface area contributed by atoms with E-state index in [9.17, 15) is 13.2 Å². The Morgan fingerprint density at radius 1 is 1.16 bits per heavy atom. The van der Waals surface area contributed by atoms with Crippen molar-refractivity contribution in [3.05, 3.63) is 53.1 Å². The molecule has 0 saturated heterocycles. The molecule has 25 heavy (non-hydrogen) atoms. The number of hydrogen-bond donors (Lipinski definition) is 2. The van der Waals surface area contributed by atoms with Gasteiger partial charge in [0.1, 0.15) is 5.75 Å². The second-order valence-corrected chi connectivity index (χ2v) is 7.87. The summed E-state index contributed by atoms with van der Waals surface area (Å²) in [5.74, 6) is 0.285. The summed E-state index contributed by atoms with van der Waals surface area (Å²) >= 11 is 6.04. The van der Waals surface area contributed by atoms with Crippen LogP contribution in [0, 0.1) is 0 Å². The monoisotopic (exact) mass is 382 g/mol. The van der Waals surface area contributed by atoms with Gasteiger partial charge in [0, 0.05) is 17.3 Å². The lowest BCUT2D eigenvalue weighted by molar-refractivity contribution is 0.102. The van der Waals surface area contributed by atoms with E-state index in [0.717, 1.165) is 6.26 Å². The fourth-order valence-corrected chi connectivity index (χ4v) is 2.92. The quantitative estimate of drug-likeness (QED) is 0.796. The third-order valence-corrected chi connectivity index (χ3v) is 3.89. The predicted molar refractivity (Wildman–Crippen MR) is 100 cm³/mol. The van der Waals surface area contributed by atoms with Crippen LogP contribution in [0.2, 0.25) is 5.02 Å². The highest BCUT2D eigenvalue weighted by Gasteiger charge is 2.12. The highest BCUT2D eigenvalue weighted by molar-refractivity contribution is 7.92. The summed E-state index contributed by atoms with van der Waals surface area (Å²) in [6, 6.07) is 11.4. The minimum atomic E-state index is -3.45. The molecule has 6 nitrogen and oxygen atoms in total. The van der Waals surface area contributed by atoms with Crippen molar-refractivity contribution in [3.63, 3.8) is 0 Å². The van der Waals surface area contributed by atoms with Crippen molar-refractivity contribution in [2.75, 3.05) is 16.3 Å². The van der Waals surface area contributed by atoms with E-state index in [1.165, 1.54) is 18.2 Å². The molecule has 1 amide bonds. The molecule has 0 radical (unpaired) electrons. The van der Waals surface area contributed by atoms with Gasteiger partial charge in [0.25, 0.3) is 5.91 Å². The van der Waals surface area contributed by atoms with Gasteiger partial charge in [-0.05, 0) is 44.2 Å². The van der Waals surface area contributed by atoms with Gasteiger partial charge in [0.05, 0.1) is 23.1 Å². The Hall–Kier alpha value is -2.25. The Bertz CT molecular complexity index is 882. The average Bonchev–Trinajstić information content (AvgIpc) is 2.47.